The highest BCUT2D eigenvalue weighted by atomic mass is 32.2. The lowest BCUT2D eigenvalue weighted by Gasteiger charge is -2.38. The van der Waals surface area contributed by atoms with Gasteiger partial charge >= 0.3 is 6.09 Å². The average Bonchev–Trinajstić information content (AvgIpc) is 3.07. The van der Waals surface area contributed by atoms with Crippen molar-refractivity contribution in [3.63, 3.8) is 0 Å². The van der Waals surface area contributed by atoms with Gasteiger partial charge in [0.05, 0.1) is 17.1 Å². The number of likely N-dealkylation sites (N-methyl/N-ethyl adjacent to an activating group) is 1. The molecule has 0 spiro atoms. The second-order valence-electron chi connectivity index (χ2n) is 11.4. The van der Waals surface area contributed by atoms with E-state index >= 15 is 4.39 Å². The van der Waals surface area contributed by atoms with Crippen LogP contribution in [0.4, 0.5) is 26.2 Å². The quantitative estimate of drug-likeness (QED) is 0.136. The highest BCUT2D eigenvalue weighted by Gasteiger charge is 2.32. The van der Waals surface area contributed by atoms with Crippen molar-refractivity contribution in [1.29, 1.82) is 0 Å². The molecule has 1 amide bonds. The second-order valence-corrected chi connectivity index (χ2v) is 12.1. The van der Waals surface area contributed by atoms with Crippen molar-refractivity contribution in [3.05, 3.63) is 106 Å². The number of pyridine rings is 1. The SMILES string of the molecule is CSc1ncc2cc(N3CCN(C(=O)OCc4ccccc4)c4c(C)cccc43)c(=O)n(-c3ccc(OCCN(C)C)c(F)c3)c2n1. The summed E-state index contributed by atoms with van der Waals surface area (Å²) in [7, 11) is 3.82. The molecular weight excluding hydrogens is 619 g/mol. The number of thioether (sulfide) groups is 1. The minimum absolute atomic E-state index is 0.100. The zero-order valence-electron chi connectivity index (χ0n) is 26.6. The van der Waals surface area contributed by atoms with Gasteiger partial charge in [-0.1, -0.05) is 54.2 Å². The molecule has 0 saturated heterocycles. The number of ether oxygens (including phenoxy) is 2. The third-order valence-corrected chi connectivity index (χ3v) is 8.45. The van der Waals surface area contributed by atoms with Crippen molar-refractivity contribution >= 4 is 46.0 Å². The first kappa shape index (κ1) is 32.0. The minimum Gasteiger partial charge on any atom is -0.489 e. The van der Waals surface area contributed by atoms with Gasteiger partial charge in [0.2, 0.25) is 0 Å². The number of carbonyl (C=O) groups excluding carboxylic acids is 1. The molecule has 47 heavy (non-hydrogen) atoms. The number of halogens is 1. The number of benzene rings is 3. The molecule has 10 nitrogen and oxygen atoms in total. The maximum absolute atomic E-state index is 15.4. The summed E-state index contributed by atoms with van der Waals surface area (Å²) in [5.41, 5.74) is 3.67. The van der Waals surface area contributed by atoms with Crippen LogP contribution < -0.4 is 20.1 Å². The molecule has 0 atom stereocenters. The maximum atomic E-state index is 15.4. The van der Waals surface area contributed by atoms with Crippen LogP contribution in [-0.2, 0) is 11.3 Å². The number of para-hydroxylation sites is 1. The van der Waals surface area contributed by atoms with Crippen molar-refractivity contribution < 1.29 is 18.7 Å². The third-order valence-electron chi connectivity index (χ3n) is 7.89. The Morgan fingerprint density at radius 2 is 1.83 bits per heavy atom. The highest BCUT2D eigenvalue weighted by Crippen LogP contribution is 2.40. The van der Waals surface area contributed by atoms with Crippen molar-refractivity contribution in [2.24, 2.45) is 0 Å². The van der Waals surface area contributed by atoms with Crippen molar-refractivity contribution in [2.75, 3.05) is 56.4 Å². The number of carbonyl (C=O) groups is 1. The molecule has 0 N–H and O–H groups in total. The van der Waals surface area contributed by atoms with E-state index in [1.165, 1.54) is 28.5 Å². The Morgan fingerprint density at radius 1 is 1.02 bits per heavy atom. The summed E-state index contributed by atoms with van der Waals surface area (Å²) < 4.78 is 28.1. The van der Waals surface area contributed by atoms with E-state index in [1.807, 2.05) is 85.6 Å². The van der Waals surface area contributed by atoms with E-state index in [4.69, 9.17) is 9.47 Å². The topological polar surface area (TPSA) is 93.0 Å². The van der Waals surface area contributed by atoms with Gasteiger partial charge in [0.1, 0.15) is 18.9 Å². The fraction of sp³-hybridized carbons (Fsp3) is 0.257. The van der Waals surface area contributed by atoms with Crippen LogP contribution in [0.1, 0.15) is 11.1 Å². The predicted octanol–water partition coefficient (Wildman–Crippen LogP) is 6.19. The predicted molar refractivity (Wildman–Crippen MR) is 183 cm³/mol. The molecule has 12 heteroatoms. The number of amides is 1. The number of aromatic nitrogens is 3. The number of hydrogen-bond acceptors (Lipinski definition) is 9. The molecule has 0 aliphatic carbocycles. The highest BCUT2D eigenvalue weighted by molar-refractivity contribution is 7.98. The fourth-order valence-corrected chi connectivity index (χ4v) is 5.89. The summed E-state index contributed by atoms with van der Waals surface area (Å²) in [6, 6.07) is 21.4. The molecular formula is C35H35FN6O4S. The number of anilines is 3. The lowest BCUT2D eigenvalue weighted by Crippen LogP contribution is -2.44. The Labute approximate surface area is 276 Å². The third kappa shape index (κ3) is 6.65. The van der Waals surface area contributed by atoms with Crippen LogP contribution in [0.15, 0.2) is 88.9 Å². The largest absolute Gasteiger partial charge is 0.489 e. The standard InChI is InChI=1S/C35H35FN6O4S/c1-23-9-8-12-28-31(23)41(35(44)46-22-24-10-6-5-7-11-24)16-15-40(28)29-19-25-21-37-34(47-4)38-32(25)42(33(29)43)26-13-14-30(27(36)20-26)45-18-17-39(2)3/h5-14,19-21H,15-18,22H2,1-4H3. The molecule has 3 aromatic carbocycles. The van der Waals surface area contributed by atoms with E-state index in [-0.39, 0.29) is 18.9 Å². The summed E-state index contributed by atoms with van der Waals surface area (Å²) in [6.07, 6.45) is 3.04. The number of rotatable bonds is 9. The summed E-state index contributed by atoms with van der Waals surface area (Å²) in [5, 5.41) is 1.08. The second kappa shape index (κ2) is 13.8. The van der Waals surface area contributed by atoms with Crippen LogP contribution in [-0.4, -0.2) is 72.1 Å². The van der Waals surface area contributed by atoms with Gasteiger partial charge in [-0.05, 0) is 62.7 Å². The molecule has 1 aliphatic rings. The van der Waals surface area contributed by atoms with Gasteiger partial charge in [-0.15, -0.1) is 0 Å². The van der Waals surface area contributed by atoms with Gasteiger partial charge in [0.15, 0.2) is 22.4 Å². The zero-order valence-corrected chi connectivity index (χ0v) is 27.5. The van der Waals surface area contributed by atoms with Gasteiger partial charge in [-0.2, -0.15) is 0 Å². The smallest absolute Gasteiger partial charge is 0.414 e. The van der Waals surface area contributed by atoms with Crippen molar-refractivity contribution in [1.82, 2.24) is 19.4 Å². The number of aryl methyl sites for hydroxylation is 1. The fourth-order valence-electron chi connectivity index (χ4n) is 5.56. The maximum Gasteiger partial charge on any atom is 0.414 e. The Balaban J connectivity index is 1.41. The molecule has 0 unspecified atom stereocenters. The summed E-state index contributed by atoms with van der Waals surface area (Å²) in [5.74, 6) is -0.488. The molecule has 0 radical (unpaired) electrons. The van der Waals surface area contributed by atoms with Crippen LogP contribution >= 0.6 is 11.8 Å². The monoisotopic (exact) mass is 654 g/mol. The van der Waals surface area contributed by atoms with Crippen LogP contribution in [0.2, 0.25) is 0 Å². The minimum atomic E-state index is -0.588. The zero-order chi connectivity index (χ0) is 33.1. The molecule has 0 fully saturated rings. The first-order chi connectivity index (χ1) is 22.7. The van der Waals surface area contributed by atoms with Gasteiger partial charge in [0, 0.05) is 37.3 Å². The van der Waals surface area contributed by atoms with Crippen LogP contribution in [0, 0.1) is 12.7 Å². The lowest BCUT2D eigenvalue weighted by atomic mass is 10.1. The average molecular weight is 655 g/mol. The van der Waals surface area contributed by atoms with Gasteiger partial charge in [0.25, 0.3) is 5.56 Å². The number of hydrogen-bond donors (Lipinski definition) is 0. The molecule has 0 saturated carbocycles. The molecule has 1 aliphatic heterocycles. The summed E-state index contributed by atoms with van der Waals surface area (Å²) >= 11 is 1.34. The van der Waals surface area contributed by atoms with Crippen molar-refractivity contribution in [3.8, 4) is 11.4 Å². The molecule has 2 aromatic heterocycles. The molecule has 6 rings (SSSR count). The Kier molecular flexibility index (Phi) is 9.41. The van der Waals surface area contributed by atoms with E-state index in [1.54, 1.807) is 23.2 Å². The molecule has 242 valence electrons. The van der Waals surface area contributed by atoms with E-state index in [0.29, 0.717) is 58.6 Å². The van der Waals surface area contributed by atoms with E-state index < -0.39 is 17.5 Å². The number of fused-ring (bicyclic) bond motifs is 2. The lowest BCUT2D eigenvalue weighted by molar-refractivity contribution is 0.147. The van der Waals surface area contributed by atoms with Crippen LogP contribution in [0.5, 0.6) is 5.75 Å². The Morgan fingerprint density at radius 3 is 2.57 bits per heavy atom. The van der Waals surface area contributed by atoms with E-state index in [2.05, 4.69) is 9.97 Å². The van der Waals surface area contributed by atoms with Gasteiger partial charge < -0.3 is 19.3 Å². The van der Waals surface area contributed by atoms with Crippen molar-refractivity contribution in [2.45, 2.75) is 18.7 Å². The van der Waals surface area contributed by atoms with E-state index in [9.17, 15) is 9.59 Å². The first-order valence-corrected chi connectivity index (χ1v) is 16.4. The molecule has 0 bridgehead atoms. The summed E-state index contributed by atoms with van der Waals surface area (Å²) in [6.45, 7) is 3.59. The van der Waals surface area contributed by atoms with Gasteiger partial charge in [-0.3, -0.25) is 14.3 Å². The Hall–Kier alpha value is -4.94. The Bertz CT molecular complexity index is 1990. The first-order valence-electron chi connectivity index (χ1n) is 15.1. The van der Waals surface area contributed by atoms with E-state index in [0.717, 1.165) is 11.1 Å². The summed E-state index contributed by atoms with van der Waals surface area (Å²) in [4.78, 5) is 42.4. The van der Waals surface area contributed by atoms with Gasteiger partial charge in [-0.25, -0.2) is 19.2 Å². The normalized spacial score (nSPS) is 12.8. The van der Waals surface area contributed by atoms with Crippen LogP contribution in [0.25, 0.3) is 16.7 Å². The van der Waals surface area contributed by atoms with Crippen LogP contribution in [0.3, 0.4) is 0 Å². The molecule has 5 aromatic rings. The number of nitrogens with zero attached hydrogens (tertiary/aromatic N) is 6. The molecule has 3 heterocycles.